The first-order valence-electron chi connectivity index (χ1n) is 8.13. The summed E-state index contributed by atoms with van der Waals surface area (Å²) >= 11 is 0. The summed E-state index contributed by atoms with van der Waals surface area (Å²) in [6.07, 6.45) is 10.3. The first-order valence-corrected chi connectivity index (χ1v) is 8.13. The number of nitrogens with zero attached hydrogens (tertiary/aromatic N) is 1. The maximum atomic E-state index is 11.4. The van der Waals surface area contributed by atoms with Gasteiger partial charge in [0.1, 0.15) is 0 Å². The van der Waals surface area contributed by atoms with Crippen molar-refractivity contribution in [2.24, 2.45) is 11.8 Å². The molecule has 20 heavy (non-hydrogen) atoms. The normalized spacial score (nSPS) is 23.5. The van der Waals surface area contributed by atoms with E-state index in [1.807, 2.05) is 6.08 Å². The van der Waals surface area contributed by atoms with E-state index in [0.717, 1.165) is 19.5 Å². The lowest BCUT2D eigenvalue weighted by molar-refractivity contribution is -0.142. The molecule has 0 N–H and O–H groups in total. The first-order chi connectivity index (χ1) is 9.71. The van der Waals surface area contributed by atoms with E-state index < -0.39 is 0 Å². The molecule has 1 heterocycles. The Morgan fingerprint density at radius 1 is 1.35 bits per heavy atom. The van der Waals surface area contributed by atoms with E-state index in [1.54, 1.807) is 0 Å². The SMILES string of the molecule is C=C[C@H]1CN(CCCCCCC)CC[C@H]1CC(=O)OC. The van der Waals surface area contributed by atoms with Crippen molar-refractivity contribution in [3.05, 3.63) is 12.7 Å². The number of carbonyl (C=O) groups excluding carboxylic acids is 1. The molecule has 1 rings (SSSR count). The van der Waals surface area contributed by atoms with Gasteiger partial charge in [0.05, 0.1) is 7.11 Å². The lowest BCUT2D eigenvalue weighted by Crippen LogP contribution is -2.40. The van der Waals surface area contributed by atoms with Gasteiger partial charge in [-0.15, -0.1) is 6.58 Å². The quantitative estimate of drug-likeness (QED) is 0.367. The molecule has 0 saturated carbocycles. The Balaban J connectivity index is 2.27. The van der Waals surface area contributed by atoms with Crippen LogP contribution in [0.5, 0.6) is 0 Å². The lowest BCUT2D eigenvalue weighted by Gasteiger charge is -2.37. The number of esters is 1. The van der Waals surface area contributed by atoms with Crippen LogP contribution >= 0.6 is 0 Å². The Hall–Kier alpha value is -0.830. The van der Waals surface area contributed by atoms with Gasteiger partial charge in [0, 0.05) is 13.0 Å². The Bertz CT molecular complexity index is 291. The molecule has 1 aliphatic heterocycles. The van der Waals surface area contributed by atoms with Crippen LogP contribution in [0.1, 0.15) is 51.9 Å². The summed E-state index contributed by atoms with van der Waals surface area (Å²) in [5.74, 6) is 0.754. The van der Waals surface area contributed by atoms with E-state index >= 15 is 0 Å². The largest absolute Gasteiger partial charge is 0.469 e. The van der Waals surface area contributed by atoms with Crippen molar-refractivity contribution in [2.45, 2.75) is 51.9 Å². The predicted molar refractivity (Wildman–Crippen MR) is 83.6 cm³/mol. The average molecular weight is 281 g/mol. The number of methoxy groups -OCH3 is 1. The van der Waals surface area contributed by atoms with Crippen molar-refractivity contribution in [2.75, 3.05) is 26.7 Å². The van der Waals surface area contributed by atoms with Crippen LogP contribution in [0.25, 0.3) is 0 Å². The maximum Gasteiger partial charge on any atom is 0.305 e. The number of piperidine rings is 1. The molecule has 1 fully saturated rings. The number of ether oxygens (including phenoxy) is 1. The van der Waals surface area contributed by atoms with Crippen molar-refractivity contribution in [3.63, 3.8) is 0 Å². The fourth-order valence-electron chi connectivity index (χ4n) is 3.06. The molecule has 3 heteroatoms. The molecule has 0 aromatic heterocycles. The smallest absolute Gasteiger partial charge is 0.305 e. The van der Waals surface area contributed by atoms with Gasteiger partial charge >= 0.3 is 5.97 Å². The van der Waals surface area contributed by atoms with Crippen molar-refractivity contribution in [3.8, 4) is 0 Å². The Morgan fingerprint density at radius 2 is 2.10 bits per heavy atom. The highest BCUT2D eigenvalue weighted by Crippen LogP contribution is 2.28. The van der Waals surface area contributed by atoms with Crippen molar-refractivity contribution >= 4 is 5.97 Å². The van der Waals surface area contributed by atoms with Crippen LogP contribution < -0.4 is 0 Å². The van der Waals surface area contributed by atoms with Gasteiger partial charge in [0.25, 0.3) is 0 Å². The summed E-state index contributed by atoms with van der Waals surface area (Å²) in [6, 6.07) is 0. The zero-order chi connectivity index (χ0) is 14.8. The molecule has 0 radical (unpaired) electrons. The molecule has 0 aromatic carbocycles. The first kappa shape index (κ1) is 17.2. The molecule has 0 spiro atoms. The van der Waals surface area contributed by atoms with Gasteiger partial charge in [0.2, 0.25) is 0 Å². The van der Waals surface area contributed by atoms with Gasteiger partial charge < -0.3 is 9.64 Å². The van der Waals surface area contributed by atoms with E-state index in [9.17, 15) is 4.79 Å². The van der Waals surface area contributed by atoms with Crippen LogP contribution in [0.3, 0.4) is 0 Å². The molecular formula is C17H31NO2. The third-order valence-corrected chi connectivity index (χ3v) is 4.43. The lowest BCUT2D eigenvalue weighted by atomic mass is 9.83. The highest BCUT2D eigenvalue weighted by atomic mass is 16.5. The summed E-state index contributed by atoms with van der Waals surface area (Å²) in [7, 11) is 1.47. The molecule has 116 valence electrons. The number of unbranched alkanes of at least 4 members (excludes halogenated alkanes) is 4. The molecule has 3 nitrogen and oxygen atoms in total. The van der Waals surface area contributed by atoms with Gasteiger partial charge in [-0.05, 0) is 37.8 Å². The molecule has 0 aromatic rings. The fourth-order valence-corrected chi connectivity index (χ4v) is 3.06. The number of hydrogen-bond acceptors (Lipinski definition) is 3. The number of rotatable bonds is 9. The van der Waals surface area contributed by atoms with E-state index in [4.69, 9.17) is 4.74 Å². The topological polar surface area (TPSA) is 29.5 Å². The minimum absolute atomic E-state index is 0.0881. The second-order valence-corrected chi connectivity index (χ2v) is 5.94. The van der Waals surface area contributed by atoms with Gasteiger partial charge in [-0.2, -0.15) is 0 Å². The Morgan fingerprint density at radius 3 is 2.75 bits per heavy atom. The van der Waals surface area contributed by atoms with Crippen LogP contribution in [0, 0.1) is 11.8 Å². The van der Waals surface area contributed by atoms with Crippen LogP contribution in [0.15, 0.2) is 12.7 Å². The Labute approximate surface area is 124 Å². The van der Waals surface area contributed by atoms with Gasteiger partial charge in [0.15, 0.2) is 0 Å². The molecular weight excluding hydrogens is 250 g/mol. The number of carbonyl (C=O) groups is 1. The second kappa shape index (κ2) is 9.98. The van der Waals surface area contributed by atoms with Crippen LogP contribution in [0.4, 0.5) is 0 Å². The molecule has 2 atom stereocenters. The van der Waals surface area contributed by atoms with E-state index in [1.165, 1.54) is 45.8 Å². The van der Waals surface area contributed by atoms with Gasteiger partial charge in [-0.1, -0.05) is 38.7 Å². The highest BCUT2D eigenvalue weighted by molar-refractivity contribution is 5.69. The summed E-state index contributed by atoms with van der Waals surface area (Å²) in [4.78, 5) is 14.0. The third-order valence-electron chi connectivity index (χ3n) is 4.43. The molecule has 0 unspecified atom stereocenters. The third kappa shape index (κ3) is 6.08. The number of hydrogen-bond donors (Lipinski definition) is 0. The zero-order valence-corrected chi connectivity index (χ0v) is 13.3. The van der Waals surface area contributed by atoms with Crippen molar-refractivity contribution in [1.82, 2.24) is 4.90 Å². The molecule has 0 bridgehead atoms. The maximum absolute atomic E-state index is 11.4. The fraction of sp³-hybridized carbons (Fsp3) is 0.824. The summed E-state index contributed by atoms with van der Waals surface area (Å²) in [6.45, 7) is 9.55. The van der Waals surface area contributed by atoms with Gasteiger partial charge in [-0.25, -0.2) is 0 Å². The summed E-state index contributed by atoms with van der Waals surface area (Å²) in [5, 5.41) is 0. The molecule has 1 saturated heterocycles. The highest BCUT2D eigenvalue weighted by Gasteiger charge is 2.28. The van der Waals surface area contributed by atoms with Crippen LogP contribution in [0.2, 0.25) is 0 Å². The standard InChI is InChI=1S/C17H31NO2/c1-4-6-7-8-9-11-18-12-10-16(13-17(19)20-3)15(5-2)14-18/h5,15-16H,2,4,6-14H2,1,3H3/t15-,16-/m0/s1. The van der Waals surface area contributed by atoms with Crippen molar-refractivity contribution < 1.29 is 9.53 Å². The van der Waals surface area contributed by atoms with Crippen molar-refractivity contribution in [1.29, 1.82) is 0 Å². The summed E-state index contributed by atoms with van der Waals surface area (Å²) < 4.78 is 4.79. The van der Waals surface area contributed by atoms with Crippen LogP contribution in [-0.4, -0.2) is 37.6 Å². The van der Waals surface area contributed by atoms with E-state index in [2.05, 4.69) is 18.4 Å². The Kier molecular flexibility index (Phi) is 8.59. The molecule has 1 aliphatic rings. The average Bonchev–Trinajstić information content (AvgIpc) is 2.48. The van der Waals surface area contributed by atoms with E-state index in [-0.39, 0.29) is 5.97 Å². The predicted octanol–water partition coefficient (Wildman–Crippen LogP) is 3.64. The van der Waals surface area contributed by atoms with E-state index in [0.29, 0.717) is 18.3 Å². The minimum Gasteiger partial charge on any atom is -0.469 e. The monoisotopic (exact) mass is 281 g/mol. The number of likely N-dealkylation sites (tertiary alicyclic amines) is 1. The van der Waals surface area contributed by atoms with Gasteiger partial charge in [-0.3, -0.25) is 4.79 Å². The zero-order valence-electron chi connectivity index (χ0n) is 13.3. The van der Waals surface area contributed by atoms with Crippen LogP contribution in [-0.2, 0) is 9.53 Å². The molecule has 0 aliphatic carbocycles. The molecule has 0 amide bonds. The minimum atomic E-state index is -0.0881. The second-order valence-electron chi connectivity index (χ2n) is 5.94. The summed E-state index contributed by atoms with van der Waals surface area (Å²) in [5.41, 5.74) is 0.